The van der Waals surface area contributed by atoms with E-state index in [1.54, 1.807) is 0 Å². The Hall–Kier alpha value is -1.92. The van der Waals surface area contributed by atoms with Crippen molar-refractivity contribution in [3.8, 4) is 0 Å². The van der Waals surface area contributed by atoms with Crippen LogP contribution in [0.3, 0.4) is 0 Å². The highest BCUT2D eigenvalue weighted by Crippen LogP contribution is 2.40. The molecule has 0 saturated carbocycles. The van der Waals surface area contributed by atoms with Gasteiger partial charge >= 0.3 is 14.2 Å². The van der Waals surface area contributed by atoms with Crippen LogP contribution in [0.4, 0.5) is 0 Å². The highest BCUT2D eigenvalue weighted by atomic mass is 16.7. The molecule has 262 valence electrons. The van der Waals surface area contributed by atoms with E-state index >= 15 is 0 Å². The van der Waals surface area contributed by atoms with E-state index < -0.39 is 25.4 Å². The van der Waals surface area contributed by atoms with Crippen LogP contribution >= 0.6 is 0 Å². The van der Waals surface area contributed by atoms with Gasteiger partial charge in [-0.1, -0.05) is 115 Å². The van der Waals surface area contributed by atoms with Crippen LogP contribution in [0.1, 0.15) is 158 Å². The van der Waals surface area contributed by atoms with Crippen LogP contribution in [-0.2, 0) is 18.6 Å². The number of fused-ring (bicyclic) bond motifs is 3. The Kier molecular flexibility index (Phi) is 11.8. The second kappa shape index (κ2) is 15.1. The smallest absolute Gasteiger partial charge is 0.399 e. The van der Waals surface area contributed by atoms with Crippen LogP contribution in [0.15, 0.2) is 36.4 Å². The predicted molar refractivity (Wildman–Crippen MR) is 206 cm³/mol. The highest BCUT2D eigenvalue weighted by molar-refractivity contribution is 6.63. The van der Waals surface area contributed by atoms with Gasteiger partial charge in [-0.15, -0.1) is 0 Å². The molecule has 0 spiro atoms. The Labute approximate surface area is 293 Å². The number of rotatable bonds is 17. The van der Waals surface area contributed by atoms with E-state index in [2.05, 4.69) is 103 Å². The molecule has 1 aromatic heterocycles. The molecule has 2 aromatic carbocycles. The van der Waals surface area contributed by atoms with Crippen molar-refractivity contribution in [3.05, 3.63) is 43.3 Å². The van der Waals surface area contributed by atoms with Gasteiger partial charge in [0.2, 0.25) is 5.60 Å². The lowest BCUT2D eigenvalue weighted by Gasteiger charge is -2.32. The standard InChI is InChI=1S/C41H64B2NO4/c1-11-13-15-17-19-21-23-33(24-22-20-18-16-14-12-2)44-36-29-31(42-45-38(3,4)39(5,6)46-42)25-27-34(36)35-28-26-32(30-37(35)44)43-47-40(7,8)41(9,10)48-43/h25-30,33H,3,11-24H2,1-2,4-10H3/q+1. The molecule has 3 heterocycles. The van der Waals surface area contributed by atoms with Gasteiger partial charge in [0, 0.05) is 34.8 Å². The van der Waals surface area contributed by atoms with Gasteiger partial charge in [0.1, 0.15) is 5.60 Å². The lowest BCUT2D eigenvalue weighted by Crippen LogP contribution is -2.42. The molecule has 2 aliphatic rings. The number of benzene rings is 2. The van der Waals surface area contributed by atoms with E-state index in [0.29, 0.717) is 6.04 Å². The van der Waals surface area contributed by atoms with Crippen molar-refractivity contribution in [2.45, 2.75) is 181 Å². The van der Waals surface area contributed by atoms with Gasteiger partial charge in [-0.05, 0) is 77.4 Å². The van der Waals surface area contributed by atoms with E-state index in [1.165, 1.54) is 112 Å². The van der Waals surface area contributed by atoms with E-state index in [-0.39, 0.29) is 11.2 Å². The summed E-state index contributed by atoms with van der Waals surface area (Å²) in [5.41, 5.74) is 2.78. The van der Waals surface area contributed by atoms with Crippen LogP contribution in [0, 0.1) is 6.92 Å². The Balaban J connectivity index is 1.56. The monoisotopic (exact) mass is 657 g/mol. The van der Waals surface area contributed by atoms with Crippen molar-refractivity contribution < 1.29 is 18.6 Å². The summed E-state index contributed by atoms with van der Waals surface area (Å²) in [4.78, 5) is 0. The number of unbranched alkanes of at least 4 members (excludes halogenated alkanes) is 10. The summed E-state index contributed by atoms with van der Waals surface area (Å²) in [7, 11) is -0.844. The van der Waals surface area contributed by atoms with Crippen molar-refractivity contribution in [1.29, 1.82) is 0 Å². The Morgan fingerprint density at radius 2 is 0.958 bits per heavy atom. The van der Waals surface area contributed by atoms with Gasteiger partial charge in [0.05, 0.1) is 18.1 Å². The molecular weight excluding hydrogens is 592 g/mol. The zero-order valence-electron chi connectivity index (χ0n) is 31.9. The molecule has 3 aromatic rings. The molecule has 2 aliphatic heterocycles. The lowest BCUT2D eigenvalue weighted by atomic mass is 9.78. The molecular formula is C41H64B2NO4+. The highest BCUT2D eigenvalue weighted by Gasteiger charge is 2.57. The first-order valence-corrected chi connectivity index (χ1v) is 19.4. The average molecular weight is 657 g/mol. The van der Waals surface area contributed by atoms with Gasteiger partial charge in [-0.3, -0.25) is 0 Å². The zero-order chi connectivity index (χ0) is 34.7. The average Bonchev–Trinajstić information content (AvgIpc) is 3.55. The van der Waals surface area contributed by atoms with Gasteiger partial charge in [0.25, 0.3) is 0 Å². The molecule has 2 fully saturated rings. The number of nitrogens with zero attached hydrogens (tertiary/aromatic N) is 1. The molecule has 5 nitrogen and oxygen atoms in total. The second-order valence-electron chi connectivity index (χ2n) is 16.6. The summed E-state index contributed by atoms with van der Waals surface area (Å²) in [6.45, 7) is 23.6. The number of hydrogen-bond donors (Lipinski definition) is 0. The minimum absolute atomic E-state index is 0.385. The van der Waals surface area contributed by atoms with Crippen LogP contribution in [0.5, 0.6) is 0 Å². The van der Waals surface area contributed by atoms with E-state index in [0.717, 1.165) is 10.9 Å². The predicted octanol–water partition coefficient (Wildman–Crippen LogP) is 10.2. The van der Waals surface area contributed by atoms with Gasteiger partial charge in [-0.25, -0.2) is 0 Å². The third-order valence-corrected chi connectivity index (χ3v) is 11.8. The summed E-state index contributed by atoms with van der Waals surface area (Å²) in [6.07, 6.45) is 18.1. The minimum Gasteiger partial charge on any atom is -0.399 e. The maximum Gasteiger partial charge on any atom is 0.498 e. The van der Waals surface area contributed by atoms with Gasteiger partial charge in [0.15, 0.2) is 0 Å². The first-order chi connectivity index (χ1) is 22.7. The number of aromatic nitrogens is 1. The van der Waals surface area contributed by atoms with Crippen molar-refractivity contribution in [2.75, 3.05) is 0 Å². The molecule has 5 rings (SSSR count). The SMILES string of the molecule is [CH2+]C1(C)OB(c2ccc3c4ccc(B5OC(C)(C)C(C)(C)O5)cc4n(C(CCCCCCCC)CCCCCCCC)c3c2)OC1(C)C. The maximum absolute atomic E-state index is 6.55. The van der Waals surface area contributed by atoms with Crippen LogP contribution < -0.4 is 10.9 Å². The third-order valence-electron chi connectivity index (χ3n) is 11.8. The first kappa shape index (κ1) is 37.3. The molecule has 48 heavy (non-hydrogen) atoms. The van der Waals surface area contributed by atoms with Crippen LogP contribution in [-0.4, -0.2) is 41.2 Å². The summed E-state index contributed by atoms with van der Waals surface area (Å²) in [5, 5.41) is 2.56. The van der Waals surface area contributed by atoms with Crippen LogP contribution in [0.25, 0.3) is 21.8 Å². The second-order valence-corrected chi connectivity index (χ2v) is 16.6. The minimum atomic E-state index is -0.630. The normalized spacial score (nSPS) is 21.8. The van der Waals surface area contributed by atoms with E-state index in [9.17, 15) is 0 Å². The van der Waals surface area contributed by atoms with Crippen molar-refractivity contribution in [1.82, 2.24) is 4.57 Å². The maximum atomic E-state index is 6.55. The van der Waals surface area contributed by atoms with Crippen molar-refractivity contribution in [3.63, 3.8) is 0 Å². The van der Waals surface area contributed by atoms with Crippen LogP contribution in [0.2, 0.25) is 0 Å². The molecule has 2 saturated heterocycles. The molecule has 7 heteroatoms. The fraction of sp³-hybridized carbons (Fsp3) is 0.683. The third kappa shape index (κ3) is 7.85. The fourth-order valence-electron chi connectivity index (χ4n) is 7.40. The largest absolute Gasteiger partial charge is 0.498 e. The number of hydrogen-bond acceptors (Lipinski definition) is 4. The summed E-state index contributed by atoms with van der Waals surface area (Å²) in [5.74, 6) is 0. The molecule has 0 radical (unpaired) electrons. The Morgan fingerprint density at radius 1 is 0.562 bits per heavy atom. The molecule has 1 unspecified atom stereocenters. The van der Waals surface area contributed by atoms with E-state index in [4.69, 9.17) is 18.6 Å². The van der Waals surface area contributed by atoms with E-state index in [1.807, 2.05) is 6.92 Å². The fourth-order valence-corrected chi connectivity index (χ4v) is 7.40. The van der Waals surface area contributed by atoms with Crippen molar-refractivity contribution in [2.24, 2.45) is 0 Å². The summed E-state index contributed by atoms with van der Waals surface area (Å²) in [6, 6.07) is 14.1. The molecule has 0 aliphatic carbocycles. The lowest BCUT2D eigenvalue weighted by molar-refractivity contribution is 0.00578. The molecule has 0 N–H and O–H groups in total. The topological polar surface area (TPSA) is 41.9 Å². The molecule has 1 atom stereocenters. The molecule has 0 bridgehead atoms. The zero-order valence-corrected chi connectivity index (χ0v) is 31.9. The Bertz CT molecular complexity index is 1370. The van der Waals surface area contributed by atoms with Gasteiger partial charge < -0.3 is 23.2 Å². The molecule has 0 amide bonds. The van der Waals surface area contributed by atoms with Crippen molar-refractivity contribution >= 4 is 47.0 Å². The Morgan fingerprint density at radius 3 is 1.38 bits per heavy atom. The summed E-state index contributed by atoms with van der Waals surface area (Å²) < 4.78 is 28.7. The summed E-state index contributed by atoms with van der Waals surface area (Å²) >= 11 is 0. The first-order valence-electron chi connectivity index (χ1n) is 19.4. The quantitative estimate of drug-likeness (QED) is 0.0824. The van der Waals surface area contributed by atoms with Gasteiger partial charge in [-0.2, -0.15) is 0 Å².